The zero-order chi connectivity index (χ0) is 9.15. The molecule has 0 amide bonds. The van der Waals surface area contributed by atoms with E-state index >= 15 is 0 Å². The lowest BCUT2D eigenvalue weighted by Gasteiger charge is -2.40. The number of rotatable bonds is 0. The van der Waals surface area contributed by atoms with Crippen molar-refractivity contribution < 1.29 is 4.74 Å². The van der Waals surface area contributed by atoms with Crippen molar-refractivity contribution in [2.45, 2.75) is 31.0 Å². The Hall–Kier alpha value is -0.780. The van der Waals surface area contributed by atoms with Gasteiger partial charge in [-0.2, -0.15) is 0 Å². The lowest BCUT2D eigenvalue weighted by atomic mass is 9.86. The average Bonchev–Trinajstić information content (AvgIpc) is 2.19. The molecule has 1 spiro atoms. The molecule has 2 heterocycles. The predicted molar refractivity (Wildman–Crippen MR) is 52.3 cm³/mol. The molecule has 0 saturated carbocycles. The van der Waals surface area contributed by atoms with Gasteiger partial charge in [-0.05, 0) is 38.4 Å². The summed E-state index contributed by atoms with van der Waals surface area (Å²) >= 11 is 0. The van der Waals surface area contributed by atoms with Crippen LogP contribution >= 0.6 is 0 Å². The zero-order valence-corrected chi connectivity index (χ0v) is 7.75. The van der Waals surface area contributed by atoms with Crippen LogP contribution in [0.1, 0.15) is 19.3 Å². The summed E-state index contributed by atoms with van der Waals surface area (Å²) in [5.41, 5.74) is 0.0387. The maximum atomic E-state index is 5.90. The molecule has 2 nitrogen and oxygen atoms in total. The fraction of sp³-hybridized carbons (Fsp3) is 0.636. The second-order valence-electron chi connectivity index (χ2n) is 3.77. The van der Waals surface area contributed by atoms with Crippen LogP contribution in [0.5, 0.6) is 0 Å². The van der Waals surface area contributed by atoms with Crippen LogP contribution in [0.25, 0.3) is 0 Å². The van der Waals surface area contributed by atoms with Gasteiger partial charge in [0.05, 0.1) is 5.60 Å². The van der Waals surface area contributed by atoms with E-state index < -0.39 is 0 Å². The third-order valence-electron chi connectivity index (χ3n) is 2.86. The van der Waals surface area contributed by atoms with E-state index in [-0.39, 0.29) is 11.7 Å². The Morgan fingerprint density at radius 1 is 1.46 bits per heavy atom. The summed E-state index contributed by atoms with van der Waals surface area (Å²) < 4.78 is 5.90. The molecule has 70 valence electrons. The van der Waals surface area contributed by atoms with Crippen molar-refractivity contribution in [2.24, 2.45) is 0 Å². The van der Waals surface area contributed by atoms with Gasteiger partial charge in [-0.1, -0.05) is 12.0 Å². The van der Waals surface area contributed by atoms with E-state index in [1.54, 1.807) is 0 Å². The second-order valence-corrected chi connectivity index (χ2v) is 3.77. The van der Waals surface area contributed by atoms with Gasteiger partial charge in [0.25, 0.3) is 0 Å². The Morgan fingerprint density at radius 2 is 2.23 bits per heavy atom. The molecule has 0 aromatic heterocycles. The Bertz CT molecular complexity index is 245. The van der Waals surface area contributed by atoms with Gasteiger partial charge in [0.2, 0.25) is 0 Å². The van der Waals surface area contributed by atoms with Gasteiger partial charge in [0, 0.05) is 0 Å². The fourth-order valence-electron chi connectivity index (χ4n) is 2.06. The van der Waals surface area contributed by atoms with Gasteiger partial charge >= 0.3 is 0 Å². The van der Waals surface area contributed by atoms with E-state index in [9.17, 15) is 0 Å². The molecular weight excluding hydrogens is 162 g/mol. The van der Waals surface area contributed by atoms with Gasteiger partial charge in [-0.3, -0.25) is 0 Å². The quantitative estimate of drug-likeness (QED) is 0.442. The van der Waals surface area contributed by atoms with E-state index in [1.165, 1.54) is 0 Å². The minimum atomic E-state index is -0.105. The maximum Gasteiger partial charge on any atom is 0.137 e. The predicted octanol–water partition coefficient (Wildman–Crippen LogP) is 1.09. The van der Waals surface area contributed by atoms with Gasteiger partial charge in [0.1, 0.15) is 6.10 Å². The third-order valence-corrected chi connectivity index (χ3v) is 2.86. The molecule has 1 N–H and O–H groups in total. The van der Waals surface area contributed by atoms with Crippen LogP contribution in [0, 0.1) is 12.3 Å². The number of nitrogens with one attached hydrogen (secondary N) is 1. The molecule has 2 rings (SSSR count). The van der Waals surface area contributed by atoms with Gasteiger partial charge in [-0.15, -0.1) is 6.42 Å². The first-order chi connectivity index (χ1) is 6.35. The minimum absolute atomic E-state index is 0.0387. The van der Waals surface area contributed by atoms with E-state index in [0.717, 1.165) is 32.4 Å². The molecule has 0 bridgehead atoms. The molecule has 1 atom stereocenters. The summed E-state index contributed by atoms with van der Waals surface area (Å²) in [4.78, 5) is 0. The molecule has 13 heavy (non-hydrogen) atoms. The zero-order valence-electron chi connectivity index (χ0n) is 7.75. The Labute approximate surface area is 79.4 Å². The van der Waals surface area contributed by atoms with Crippen molar-refractivity contribution in [3.05, 3.63) is 12.2 Å². The van der Waals surface area contributed by atoms with E-state index in [2.05, 4.69) is 17.3 Å². The molecule has 1 unspecified atom stereocenters. The molecule has 1 fully saturated rings. The summed E-state index contributed by atoms with van der Waals surface area (Å²) in [5, 5.41) is 3.33. The summed E-state index contributed by atoms with van der Waals surface area (Å²) in [6, 6.07) is 0. The summed E-state index contributed by atoms with van der Waals surface area (Å²) in [6.07, 6.45) is 12.6. The monoisotopic (exact) mass is 177 g/mol. The van der Waals surface area contributed by atoms with Crippen LogP contribution < -0.4 is 5.32 Å². The molecule has 0 aromatic rings. The molecule has 0 aromatic carbocycles. The highest BCUT2D eigenvalue weighted by Gasteiger charge is 2.35. The highest BCUT2D eigenvalue weighted by Crippen LogP contribution is 2.32. The lowest BCUT2D eigenvalue weighted by Crippen LogP contribution is -2.46. The standard InChI is InChI=1S/C11H15NO/c1-2-10-4-3-5-11(13-10)6-8-12-9-7-11/h1,3-4,10,12H,5-9H2. The van der Waals surface area contributed by atoms with E-state index in [0.29, 0.717) is 0 Å². The van der Waals surface area contributed by atoms with Gasteiger partial charge < -0.3 is 10.1 Å². The van der Waals surface area contributed by atoms with Crippen molar-refractivity contribution in [1.29, 1.82) is 0 Å². The largest absolute Gasteiger partial charge is 0.355 e. The number of terminal acetylenes is 1. The maximum absolute atomic E-state index is 5.90. The molecule has 2 heteroatoms. The van der Waals surface area contributed by atoms with E-state index in [4.69, 9.17) is 11.2 Å². The molecule has 2 aliphatic rings. The SMILES string of the molecule is C#CC1C=CCC2(CCNCC2)O1. The van der Waals surface area contributed by atoms with Crippen LogP contribution in [0.3, 0.4) is 0 Å². The fourth-order valence-corrected chi connectivity index (χ4v) is 2.06. The Morgan fingerprint density at radius 3 is 2.92 bits per heavy atom. The van der Waals surface area contributed by atoms with E-state index in [1.807, 2.05) is 6.08 Å². The number of hydrogen-bond acceptors (Lipinski definition) is 2. The summed E-state index contributed by atoms with van der Waals surface area (Å²) in [5.74, 6) is 2.65. The smallest absolute Gasteiger partial charge is 0.137 e. The van der Waals surface area contributed by atoms with Crippen molar-refractivity contribution in [1.82, 2.24) is 5.32 Å². The van der Waals surface area contributed by atoms with Crippen LogP contribution in [0.2, 0.25) is 0 Å². The number of ether oxygens (including phenoxy) is 1. The first-order valence-electron chi connectivity index (χ1n) is 4.86. The first-order valence-corrected chi connectivity index (χ1v) is 4.86. The number of piperidine rings is 1. The topological polar surface area (TPSA) is 21.3 Å². The van der Waals surface area contributed by atoms with Crippen LogP contribution in [0.4, 0.5) is 0 Å². The van der Waals surface area contributed by atoms with Crippen molar-refractivity contribution in [2.75, 3.05) is 13.1 Å². The molecular formula is C11H15NO. The van der Waals surface area contributed by atoms with Crippen molar-refractivity contribution in [3.8, 4) is 12.3 Å². The first kappa shape index (κ1) is 8.80. The summed E-state index contributed by atoms with van der Waals surface area (Å²) in [6.45, 7) is 2.09. The highest BCUT2D eigenvalue weighted by atomic mass is 16.5. The van der Waals surface area contributed by atoms with Crippen LogP contribution in [0.15, 0.2) is 12.2 Å². The average molecular weight is 177 g/mol. The molecule has 2 aliphatic heterocycles. The van der Waals surface area contributed by atoms with Gasteiger partial charge in [-0.25, -0.2) is 0 Å². The highest BCUT2D eigenvalue weighted by molar-refractivity contribution is 5.13. The Balaban J connectivity index is 2.07. The second kappa shape index (κ2) is 3.53. The summed E-state index contributed by atoms with van der Waals surface area (Å²) in [7, 11) is 0. The van der Waals surface area contributed by atoms with Gasteiger partial charge in [0.15, 0.2) is 0 Å². The van der Waals surface area contributed by atoms with Crippen LogP contribution in [-0.2, 0) is 4.74 Å². The molecule has 0 aliphatic carbocycles. The lowest BCUT2D eigenvalue weighted by molar-refractivity contribution is -0.0800. The normalized spacial score (nSPS) is 31.5. The minimum Gasteiger partial charge on any atom is -0.355 e. The third kappa shape index (κ3) is 1.77. The Kier molecular flexibility index (Phi) is 2.39. The molecule has 0 radical (unpaired) electrons. The number of hydrogen-bond donors (Lipinski definition) is 1. The van der Waals surface area contributed by atoms with Crippen molar-refractivity contribution >= 4 is 0 Å². The molecule has 1 saturated heterocycles. The van der Waals surface area contributed by atoms with Crippen molar-refractivity contribution in [3.63, 3.8) is 0 Å². The van der Waals surface area contributed by atoms with Crippen LogP contribution in [-0.4, -0.2) is 24.8 Å².